The first kappa shape index (κ1) is 24.5. The van der Waals surface area contributed by atoms with Gasteiger partial charge in [0.2, 0.25) is 0 Å². The Bertz CT molecular complexity index is 891. The lowest BCUT2D eigenvalue weighted by molar-refractivity contribution is -0.123. The molecule has 172 valence electrons. The molecule has 3 rings (SSSR count). The van der Waals surface area contributed by atoms with Gasteiger partial charge in [0.15, 0.2) is 0 Å². The molecule has 0 aromatic heterocycles. The van der Waals surface area contributed by atoms with Crippen LogP contribution in [0.5, 0.6) is 0 Å². The zero-order chi connectivity index (χ0) is 22.8. The quantitative estimate of drug-likeness (QED) is 0.273. The van der Waals surface area contributed by atoms with Crippen LogP contribution in [-0.4, -0.2) is 5.78 Å². The first-order chi connectivity index (χ1) is 15.7. The van der Waals surface area contributed by atoms with Gasteiger partial charge >= 0.3 is 0 Å². The van der Waals surface area contributed by atoms with Crippen molar-refractivity contribution >= 4 is 17.4 Å². The second-order valence-corrected chi connectivity index (χ2v) is 9.52. The van der Waals surface area contributed by atoms with Crippen molar-refractivity contribution in [1.82, 2.24) is 0 Å². The monoisotopic (exact) mass is 430 g/mol. The predicted octanol–water partition coefficient (Wildman–Crippen LogP) is 9.01. The number of unbranched alkanes of at least 4 members (excludes halogenated alkanes) is 4. The number of benzene rings is 2. The minimum Gasteiger partial charge on any atom is -0.299 e. The SMILES string of the molecule is CCCCCCC(=O)C(CC)CCCCc1cccc(C2=Cc3ccccc3C2CC)c1. The zero-order valence-corrected chi connectivity index (χ0v) is 20.5. The molecule has 2 unspecified atom stereocenters. The van der Waals surface area contributed by atoms with E-state index in [9.17, 15) is 4.79 Å². The smallest absolute Gasteiger partial charge is 0.135 e. The van der Waals surface area contributed by atoms with Gasteiger partial charge in [-0.25, -0.2) is 0 Å². The van der Waals surface area contributed by atoms with E-state index in [0.29, 0.717) is 11.7 Å². The Morgan fingerprint density at radius 2 is 1.75 bits per heavy atom. The number of Topliss-reactive ketones (excluding diaryl/α,β-unsaturated/α-hetero) is 1. The van der Waals surface area contributed by atoms with Crippen LogP contribution in [0.2, 0.25) is 0 Å². The fraction of sp³-hybridized carbons (Fsp3) is 0.516. The summed E-state index contributed by atoms with van der Waals surface area (Å²) in [5, 5.41) is 0. The molecule has 0 spiro atoms. The lowest BCUT2D eigenvalue weighted by Crippen LogP contribution is -2.13. The molecule has 1 aliphatic rings. The van der Waals surface area contributed by atoms with Gasteiger partial charge in [0, 0.05) is 18.3 Å². The maximum Gasteiger partial charge on any atom is 0.135 e. The van der Waals surface area contributed by atoms with Crippen LogP contribution >= 0.6 is 0 Å². The van der Waals surface area contributed by atoms with Crippen LogP contribution in [0, 0.1) is 5.92 Å². The van der Waals surface area contributed by atoms with Crippen molar-refractivity contribution in [3.05, 3.63) is 70.8 Å². The highest BCUT2D eigenvalue weighted by Gasteiger charge is 2.24. The maximum absolute atomic E-state index is 12.5. The zero-order valence-electron chi connectivity index (χ0n) is 20.5. The summed E-state index contributed by atoms with van der Waals surface area (Å²) in [7, 11) is 0. The Kier molecular flexibility index (Phi) is 9.78. The van der Waals surface area contributed by atoms with Crippen LogP contribution in [0.25, 0.3) is 11.6 Å². The van der Waals surface area contributed by atoms with Gasteiger partial charge in [-0.3, -0.25) is 4.79 Å². The van der Waals surface area contributed by atoms with Gasteiger partial charge in [-0.2, -0.15) is 0 Å². The molecular weight excluding hydrogens is 388 g/mol. The summed E-state index contributed by atoms with van der Waals surface area (Å²) in [5.41, 5.74) is 7.12. The Morgan fingerprint density at radius 1 is 0.906 bits per heavy atom. The van der Waals surface area contributed by atoms with Crippen molar-refractivity contribution in [1.29, 1.82) is 0 Å². The normalized spacial score (nSPS) is 16.0. The van der Waals surface area contributed by atoms with E-state index in [1.54, 1.807) is 0 Å². The molecule has 2 aromatic rings. The number of ketones is 1. The summed E-state index contributed by atoms with van der Waals surface area (Å²) in [6.45, 7) is 6.69. The van der Waals surface area contributed by atoms with Gasteiger partial charge in [-0.15, -0.1) is 0 Å². The Labute approximate surface area is 196 Å². The van der Waals surface area contributed by atoms with Crippen LogP contribution in [0.1, 0.15) is 113 Å². The third-order valence-electron chi connectivity index (χ3n) is 7.22. The van der Waals surface area contributed by atoms with Crippen molar-refractivity contribution in [2.24, 2.45) is 5.92 Å². The Morgan fingerprint density at radius 3 is 2.53 bits per heavy atom. The average molecular weight is 431 g/mol. The molecule has 0 bridgehead atoms. The van der Waals surface area contributed by atoms with Crippen molar-refractivity contribution in [3.8, 4) is 0 Å². The van der Waals surface area contributed by atoms with Crippen molar-refractivity contribution < 1.29 is 4.79 Å². The van der Waals surface area contributed by atoms with Gasteiger partial charge in [0.05, 0.1) is 0 Å². The highest BCUT2D eigenvalue weighted by molar-refractivity contribution is 5.91. The Hall–Kier alpha value is -2.15. The van der Waals surface area contributed by atoms with Gasteiger partial charge < -0.3 is 0 Å². The van der Waals surface area contributed by atoms with Crippen LogP contribution in [0.4, 0.5) is 0 Å². The largest absolute Gasteiger partial charge is 0.299 e. The summed E-state index contributed by atoms with van der Waals surface area (Å²) in [5.74, 6) is 1.29. The van der Waals surface area contributed by atoms with E-state index in [4.69, 9.17) is 0 Å². The molecule has 0 aliphatic heterocycles. The maximum atomic E-state index is 12.5. The molecule has 0 saturated carbocycles. The van der Waals surface area contributed by atoms with Crippen molar-refractivity contribution in [2.75, 3.05) is 0 Å². The topological polar surface area (TPSA) is 17.1 Å². The first-order valence-corrected chi connectivity index (χ1v) is 13.1. The average Bonchev–Trinajstić information content (AvgIpc) is 3.21. The molecular formula is C31H42O. The number of carbonyl (C=O) groups is 1. The van der Waals surface area contributed by atoms with Gasteiger partial charge in [-0.1, -0.05) is 101 Å². The molecule has 0 heterocycles. The van der Waals surface area contributed by atoms with E-state index in [0.717, 1.165) is 44.9 Å². The number of allylic oxidation sites excluding steroid dienone is 1. The molecule has 0 fully saturated rings. The van der Waals surface area contributed by atoms with Crippen LogP contribution < -0.4 is 0 Å². The fourth-order valence-electron chi connectivity index (χ4n) is 5.27. The number of hydrogen-bond donors (Lipinski definition) is 0. The number of aryl methyl sites for hydroxylation is 1. The second kappa shape index (κ2) is 12.8. The summed E-state index contributed by atoms with van der Waals surface area (Å²) in [4.78, 5) is 12.5. The molecule has 0 N–H and O–H groups in total. The lowest BCUT2D eigenvalue weighted by Gasteiger charge is -2.16. The first-order valence-electron chi connectivity index (χ1n) is 13.1. The van der Waals surface area contributed by atoms with Gasteiger partial charge in [-0.05, 0) is 66.4 Å². The highest BCUT2D eigenvalue weighted by atomic mass is 16.1. The van der Waals surface area contributed by atoms with Gasteiger partial charge in [0.1, 0.15) is 5.78 Å². The molecule has 0 saturated heterocycles. The van der Waals surface area contributed by atoms with E-state index in [-0.39, 0.29) is 5.92 Å². The van der Waals surface area contributed by atoms with Crippen LogP contribution in [0.15, 0.2) is 48.5 Å². The summed E-state index contributed by atoms with van der Waals surface area (Å²) >= 11 is 0. The fourth-order valence-corrected chi connectivity index (χ4v) is 5.27. The lowest BCUT2D eigenvalue weighted by atomic mass is 9.88. The number of carbonyl (C=O) groups excluding carboxylic acids is 1. The molecule has 2 atom stereocenters. The minimum absolute atomic E-state index is 0.274. The van der Waals surface area contributed by atoms with E-state index >= 15 is 0 Å². The van der Waals surface area contributed by atoms with Crippen LogP contribution in [-0.2, 0) is 11.2 Å². The summed E-state index contributed by atoms with van der Waals surface area (Å²) in [6, 6.07) is 18.0. The second-order valence-electron chi connectivity index (χ2n) is 9.52. The molecule has 1 heteroatoms. The predicted molar refractivity (Wildman–Crippen MR) is 139 cm³/mol. The molecule has 2 aromatic carbocycles. The van der Waals surface area contributed by atoms with E-state index in [2.05, 4.69) is 75.4 Å². The highest BCUT2D eigenvalue weighted by Crippen LogP contribution is 2.43. The molecule has 1 nitrogen and oxygen atoms in total. The Balaban J connectivity index is 1.51. The number of rotatable bonds is 14. The minimum atomic E-state index is 0.274. The molecule has 32 heavy (non-hydrogen) atoms. The standard InChI is InChI=1S/C31H42O/c1-4-7-8-9-21-31(32)25(5-2)17-11-10-15-24-16-14-19-26(22-24)30-23-27-18-12-13-20-29(27)28(30)6-3/h12-14,16,18-20,22-23,25,28H,4-11,15,17,21H2,1-3H3. The number of fused-ring (bicyclic) bond motifs is 1. The molecule has 1 aliphatic carbocycles. The van der Waals surface area contributed by atoms with Crippen molar-refractivity contribution in [2.45, 2.75) is 97.3 Å². The number of hydrogen-bond acceptors (Lipinski definition) is 1. The van der Waals surface area contributed by atoms with E-state index in [1.807, 2.05) is 0 Å². The summed E-state index contributed by atoms with van der Waals surface area (Å²) < 4.78 is 0. The third-order valence-corrected chi connectivity index (χ3v) is 7.22. The summed E-state index contributed by atoms with van der Waals surface area (Å²) in [6.07, 6.45) is 14.6. The molecule has 0 amide bonds. The molecule has 0 radical (unpaired) electrons. The van der Waals surface area contributed by atoms with Crippen LogP contribution in [0.3, 0.4) is 0 Å². The van der Waals surface area contributed by atoms with Gasteiger partial charge in [0.25, 0.3) is 0 Å². The van der Waals surface area contributed by atoms with E-state index < -0.39 is 0 Å². The van der Waals surface area contributed by atoms with Crippen molar-refractivity contribution in [3.63, 3.8) is 0 Å². The van der Waals surface area contributed by atoms with E-state index in [1.165, 1.54) is 53.5 Å². The third kappa shape index (κ3) is 6.44.